The van der Waals surface area contributed by atoms with Gasteiger partial charge in [-0.3, -0.25) is 4.79 Å². The number of nitrogens with one attached hydrogen (secondary N) is 1. The Bertz CT molecular complexity index is 347. The van der Waals surface area contributed by atoms with Crippen molar-refractivity contribution >= 4 is 24.7 Å². The van der Waals surface area contributed by atoms with Crippen molar-refractivity contribution in [2.45, 2.75) is 6.92 Å². The van der Waals surface area contributed by atoms with E-state index in [0.29, 0.717) is 18.7 Å². The number of rotatable bonds is 6. The Labute approximate surface area is 94.8 Å². The smallest absolute Gasteiger partial charge is 0.423 e. The van der Waals surface area contributed by atoms with Gasteiger partial charge in [0.2, 0.25) is 6.41 Å². The molecule has 0 saturated heterocycles. The molecule has 0 aliphatic rings. The summed E-state index contributed by atoms with van der Waals surface area (Å²) in [4.78, 5) is 12.1. The Balaban J connectivity index is 2.60. The van der Waals surface area contributed by atoms with Crippen molar-refractivity contribution in [3.05, 3.63) is 24.3 Å². The summed E-state index contributed by atoms with van der Waals surface area (Å²) in [6, 6.07) is 6.76. The molecule has 0 heterocycles. The van der Waals surface area contributed by atoms with Gasteiger partial charge in [0.1, 0.15) is 0 Å². The van der Waals surface area contributed by atoms with Crippen LogP contribution >= 0.6 is 0 Å². The predicted molar refractivity (Wildman–Crippen MR) is 63.2 cm³/mol. The average molecular weight is 222 g/mol. The lowest BCUT2D eigenvalue weighted by atomic mass is 9.80. The van der Waals surface area contributed by atoms with E-state index in [-0.39, 0.29) is 0 Å². The maximum atomic E-state index is 10.5. The van der Waals surface area contributed by atoms with Gasteiger partial charge in [-0.1, -0.05) is 12.1 Å². The molecule has 0 fully saturated rings. The van der Waals surface area contributed by atoms with Crippen molar-refractivity contribution in [3.63, 3.8) is 0 Å². The summed E-state index contributed by atoms with van der Waals surface area (Å²) in [5.74, 6) is 0. The fraction of sp³-hybridized carbons (Fsp3) is 0.300. The first-order valence-corrected chi connectivity index (χ1v) is 5.06. The van der Waals surface area contributed by atoms with Gasteiger partial charge >= 0.3 is 7.12 Å². The van der Waals surface area contributed by atoms with E-state index in [1.165, 1.54) is 0 Å². The van der Waals surface area contributed by atoms with Crippen molar-refractivity contribution < 1.29 is 14.8 Å². The molecular weight excluding hydrogens is 207 g/mol. The molecule has 1 amide bonds. The van der Waals surface area contributed by atoms with Crippen LogP contribution in [0.25, 0.3) is 0 Å². The third-order valence-corrected chi connectivity index (χ3v) is 2.23. The summed E-state index contributed by atoms with van der Waals surface area (Å²) in [5.41, 5.74) is 1.16. The third kappa shape index (κ3) is 3.56. The fourth-order valence-electron chi connectivity index (χ4n) is 1.23. The maximum Gasteiger partial charge on any atom is 0.488 e. The van der Waals surface area contributed by atoms with Crippen molar-refractivity contribution in [2.75, 3.05) is 18.5 Å². The number of anilines is 1. The molecule has 1 aromatic rings. The molecule has 0 aliphatic heterocycles. The van der Waals surface area contributed by atoms with E-state index >= 15 is 0 Å². The standard InChI is InChI=1S/C10H15BN2O3/c1-2-13(8-14)7-12-10-5-3-4-9(6-10)11(15)16/h3-6,8,12,15-16H,2,7H2,1H3. The highest BCUT2D eigenvalue weighted by Crippen LogP contribution is 2.03. The zero-order valence-corrected chi connectivity index (χ0v) is 9.13. The number of hydrogen-bond donors (Lipinski definition) is 3. The Morgan fingerprint density at radius 3 is 2.81 bits per heavy atom. The van der Waals surface area contributed by atoms with Crippen LogP contribution in [0.4, 0.5) is 5.69 Å². The molecule has 1 rings (SSSR count). The molecule has 16 heavy (non-hydrogen) atoms. The van der Waals surface area contributed by atoms with E-state index in [9.17, 15) is 4.79 Å². The molecule has 0 radical (unpaired) electrons. The number of nitrogens with zero attached hydrogens (tertiary/aromatic N) is 1. The highest BCUT2D eigenvalue weighted by molar-refractivity contribution is 6.58. The van der Waals surface area contributed by atoms with Crippen LogP contribution < -0.4 is 10.8 Å². The SMILES string of the molecule is CCN(C=O)CNc1cccc(B(O)O)c1. The molecule has 0 saturated carbocycles. The van der Waals surface area contributed by atoms with Gasteiger partial charge in [-0.05, 0) is 24.5 Å². The number of amides is 1. The lowest BCUT2D eigenvalue weighted by Crippen LogP contribution is -2.31. The molecule has 3 N–H and O–H groups in total. The molecule has 86 valence electrons. The zero-order chi connectivity index (χ0) is 12.0. The number of hydrogen-bond acceptors (Lipinski definition) is 4. The molecular formula is C10H15BN2O3. The molecule has 0 aromatic heterocycles. The van der Waals surface area contributed by atoms with Crippen LogP contribution in [0, 0.1) is 0 Å². The Hall–Kier alpha value is -1.53. The fourth-order valence-corrected chi connectivity index (χ4v) is 1.23. The van der Waals surface area contributed by atoms with E-state index in [1.807, 2.05) is 6.92 Å². The summed E-state index contributed by atoms with van der Waals surface area (Å²) in [6.07, 6.45) is 0.762. The minimum atomic E-state index is -1.48. The number of carbonyl (C=O) groups is 1. The molecule has 0 aliphatic carbocycles. The highest BCUT2D eigenvalue weighted by atomic mass is 16.4. The molecule has 5 nitrogen and oxygen atoms in total. The zero-order valence-electron chi connectivity index (χ0n) is 9.13. The average Bonchev–Trinajstić information content (AvgIpc) is 2.31. The molecule has 1 aromatic carbocycles. The van der Waals surface area contributed by atoms with Crippen LogP contribution in [-0.2, 0) is 4.79 Å². The van der Waals surface area contributed by atoms with E-state index in [4.69, 9.17) is 10.0 Å². The summed E-state index contributed by atoms with van der Waals surface area (Å²) in [7, 11) is -1.48. The second kappa shape index (κ2) is 6.14. The normalized spacial score (nSPS) is 9.69. The van der Waals surface area contributed by atoms with E-state index in [1.54, 1.807) is 29.2 Å². The van der Waals surface area contributed by atoms with Gasteiger partial charge in [0.25, 0.3) is 0 Å². The van der Waals surface area contributed by atoms with Crippen LogP contribution in [0.1, 0.15) is 6.92 Å². The summed E-state index contributed by atoms with van der Waals surface area (Å²) < 4.78 is 0. The molecule has 0 bridgehead atoms. The second-order valence-electron chi connectivity index (χ2n) is 3.34. The number of benzene rings is 1. The Morgan fingerprint density at radius 2 is 2.25 bits per heavy atom. The summed E-state index contributed by atoms with van der Waals surface area (Å²) in [6.45, 7) is 2.90. The van der Waals surface area contributed by atoms with Gasteiger partial charge in [0, 0.05) is 12.2 Å². The summed E-state index contributed by atoms with van der Waals surface area (Å²) >= 11 is 0. The third-order valence-electron chi connectivity index (χ3n) is 2.23. The molecule has 0 unspecified atom stereocenters. The molecule has 0 atom stereocenters. The van der Waals surface area contributed by atoms with Gasteiger partial charge in [-0.15, -0.1) is 0 Å². The quantitative estimate of drug-likeness (QED) is 0.335. The van der Waals surface area contributed by atoms with Crippen molar-refractivity contribution in [3.8, 4) is 0 Å². The van der Waals surface area contributed by atoms with E-state index < -0.39 is 7.12 Å². The molecule has 0 spiro atoms. The van der Waals surface area contributed by atoms with Gasteiger partial charge in [0.15, 0.2) is 0 Å². The van der Waals surface area contributed by atoms with Crippen LogP contribution in [0.15, 0.2) is 24.3 Å². The first-order chi connectivity index (χ1) is 7.67. The Kier molecular flexibility index (Phi) is 4.82. The largest absolute Gasteiger partial charge is 0.488 e. The van der Waals surface area contributed by atoms with E-state index in [2.05, 4.69) is 5.32 Å². The lowest BCUT2D eigenvalue weighted by molar-refractivity contribution is -0.117. The number of carbonyl (C=O) groups excluding carboxylic acids is 1. The van der Waals surface area contributed by atoms with Gasteiger partial charge in [0.05, 0.1) is 6.67 Å². The van der Waals surface area contributed by atoms with Crippen LogP contribution in [0.5, 0.6) is 0 Å². The van der Waals surface area contributed by atoms with Crippen molar-refractivity contribution in [2.24, 2.45) is 0 Å². The van der Waals surface area contributed by atoms with Crippen LogP contribution in [-0.4, -0.2) is 41.7 Å². The summed E-state index contributed by atoms with van der Waals surface area (Å²) in [5, 5.41) is 21.0. The topological polar surface area (TPSA) is 72.8 Å². The minimum Gasteiger partial charge on any atom is -0.423 e. The van der Waals surface area contributed by atoms with Crippen LogP contribution in [0.2, 0.25) is 0 Å². The van der Waals surface area contributed by atoms with Gasteiger partial charge in [-0.2, -0.15) is 0 Å². The van der Waals surface area contributed by atoms with Crippen molar-refractivity contribution in [1.29, 1.82) is 0 Å². The predicted octanol–water partition coefficient (Wildman–Crippen LogP) is -0.786. The monoisotopic (exact) mass is 222 g/mol. The van der Waals surface area contributed by atoms with Gasteiger partial charge in [-0.25, -0.2) is 0 Å². The van der Waals surface area contributed by atoms with Crippen molar-refractivity contribution in [1.82, 2.24) is 4.90 Å². The first kappa shape index (κ1) is 12.5. The second-order valence-corrected chi connectivity index (χ2v) is 3.34. The highest BCUT2D eigenvalue weighted by Gasteiger charge is 2.10. The molecule has 6 heteroatoms. The van der Waals surface area contributed by atoms with Gasteiger partial charge < -0.3 is 20.3 Å². The van der Waals surface area contributed by atoms with E-state index in [0.717, 1.165) is 12.1 Å². The van der Waals surface area contributed by atoms with Crippen LogP contribution in [0.3, 0.4) is 0 Å². The Morgan fingerprint density at radius 1 is 1.50 bits per heavy atom. The maximum absolute atomic E-state index is 10.5. The minimum absolute atomic E-state index is 0.394. The lowest BCUT2D eigenvalue weighted by Gasteiger charge is -2.16. The first-order valence-electron chi connectivity index (χ1n) is 5.06.